The zero-order valence-corrected chi connectivity index (χ0v) is 14.4. The van der Waals surface area contributed by atoms with Gasteiger partial charge in [-0.2, -0.15) is 0 Å². The normalized spacial score (nSPS) is 11.0. The zero-order valence-electron chi connectivity index (χ0n) is 12.8. The van der Waals surface area contributed by atoms with E-state index in [-0.39, 0.29) is 5.91 Å². The fourth-order valence-corrected chi connectivity index (χ4v) is 2.83. The van der Waals surface area contributed by atoms with Crippen LogP contribution in [-0.2, 0) is 13.6 Å². The Kier molecular flexibility index (Phi) is 5.85. The first-order valence-electron chi connectivity index (χ1n) is 7.02. The minimum Gasteiger partial charge on any atom is -0.345 e. The van der Waals surface area contributed by atoms with E-state index in [2.05, 4.69) is 29.4 Å². The van der Waals surface area contributed by atoms with Crippen molar-refractivity contribution in [2.75, 3.05) is 5.75 Å². The second kappa shape index (κ2) is 7.65. The predicted octanol–water partition coefficient (Wildman–Crippen LogP) is 3.15. The molecule has 2 rings (SSSR count). The van der Waals surface area contributed by atoms with Crippen molar-refractivity contribution in [1.29, 1.82) is 0 Å². The largest absolute Gasteiger partial charge is 0.345 e. The number of hydrogen-bond donors (Lipinski definition) is 1. The van der Waals surface area contributed by atoms with Crippen LogP contribution >= 0.6 is 23.4 Å². The zero-order chi connectivity index (χ0) is 16.1. The Balaban J connectivity index is 1.95. The van der Waals surface area contributed by atoms with Gasteiger partial charge in [0, 0.05) is 23.4 Å². The summed E-state index contributed by atoms with van der Waals surface area (Å²) in [5.74, 6) is 2.12. The van der Waals surface area contributed by atoms with Gasteiger partial charge in [0.2, 0.25) is 0 Å². The van der Waals surface area contributed by atoms with Gasteiger partial charge in [0.25, 0.3) is 5.91 Å². The van der Waals surface area contributed by atoms with Gasteiger partial charge in [-0.15, -0.1) is 10.2 Å². The summed E-state index contributed by atoms with van der Waals surface area (Å²) in [6.07, 6.45) is 0. The number of nitrogens with zero attached hydrogens (tertiary/aromatic N) is 3. The molecule has 1 aromatic carbocycles. The van der Waals surface area contributed by atoms with E-state index in [0.29, 0.717) is 23.0 Å². The van der Waals surface area contributed by atoms with Crippen LogP contribution < -0.4 is 5.32 Å². The maximum atomic E-state index is 12.1. The van der Waals surface area contributed by atoms with Gasteiger partial charge in [-0.25, -0.2) is 0 Å². The summed E-state index contributed by atoms with van der Waals surface area (Å²) in [5, 5.41) is 12.5. The number of hydrogen-bond acceptors (Lipinski definition) is 4. The van der Waals surface area contributed by atoms with Crippen LogP contribution in [0.2, 0.25) is 5.02 Å². The molecule has 0 spiro atoms. The number of carbonyl (C=O) groups is 1. The van der Waals surface area contributed by atoms with Crippen LogP contribution in [0.25, 0.3) is 0 Å². The third-order valence-corrected chi connectivity index (χ3v) is 4.65. The average molecular weight is 339 g/mol. The van der Waals surface area contributed by atoms with Crippen molar-refractivity contribution in [2.24, 2.45) is 13.0 Å². The molecule has 118 valence electrons. The lowest BCUT2D eigenvalue weighted by atomic mass is 10.2. The highest BCUT2D eigenvalue weighted by atomic mass is 35.5. The smallest absolute Gasteiger partial charge is 0.251 e. The first kappa shape index (κ1) is 16.8. The van der Waals surface area contributed by atoms with Crippen molar-refractivity contribution in [3.63, 3.8) is 0 Å². The SMILES string of the molecule is CC(C)CSc1nnc(CNC(=O)c2cccc(Cl)c2)n1C. The van der Waals surface area contributed by atoms with E-state index in [1.807, 2.05) is 11.6 Å². The van der Waals surface area contributed by atoms with Crippen LogP contribution in [0.1, 0.15) is 30.0 Å². The molecule has 1 amide bonds. The van der Waals surface area contributed by atoms with E-state index < -0.39 is 0 Å². The van der Waals surface area contributed by atoms with Crippen LogP contribution in [0.15, 0.2) is 29.4 Å². The van der Waals surface area contributed by atoms with Crippen molar-refractivity contribution in [2.45, 2.75) is 25.5 Å². The highest BCUT2D eigenvalue weighted by Gasteiger charge is 2.12. The lowest BCUT2D eigenvalue weighted by Crippen LogP contribution is -2.24. The van der Waals surface area contributed by atoms with Gasteiger partial charge in [-0.1, -0.05) is 43.3 Å². The molecule has 0 unspecified atom stereocenters. The molecule has 0 saturated carbocycles. The minimum absolute atomic E-state index is 0.179. The van der Waals surface area contributed by atoms with Crippen LogP contribution in [0.3, 0.4) is 0 Å². The molecule has 1 heterocycles. The monoisotopic (exact) mass is 338 g/mol. The third kappa shape index (κ3) is 4.48. The van der Waals surface area contributed by atoms with E-state index >= 15 is 0 Å². The van der Waals surface area contributed by atoms with Crippen LogP contribution in [-0.4, -0.2) is 26.4 Å². The fraction of sp³-hybridized carbons (Fsp3) is 0.400. The maximum Gasteiger partial charge on any atom is 0.251 e. The quantitative estimate of drug-likeness (QED) is 0.822. The van der Waals surface area contributed by atoms with Gasteiger partial charge in [0.15, 0.2) is 11.0 Å². The Hall–Kier alpha value is -1.53. The van der Waals surface area contributed by atoms with Gasteiger partial charge >= 0.3 is 0 Å². The van der Waals surface area contributed by atoms with Crippen LogP contribution in [0.5, 0.6) is 0 Å². The predicted molar refractivity (Wildman–Crippen MR) is 89.2 cm³/mol. The molecule has 2 aromatic rings. The van der Waals surface area contributed by atoms with Crippen molar-refractivity contribution in [3.05, 3.63) is 40.7 Å². The molecule has 7 heteroatoms. The van der Waals surface area contributed by atoms with E-state index in [0.717, 1.165) is 16.7 Å². The second-order valence-corrected chi connectivity index (χ2v) is 6.78. The number of nitrogens with one attached hydrogen (secondary N) is 1. The van der Waals surface area contributed by atoms with Gasteiger partial charge in [-0.3, -0.25) is 4.79 Å². The number of carbonyl (C=O) groups excluding carboxylic acids is 1. The second-order valence-electron chi connectivity index (χ2n) is 5.36. The van der Waals surface area contributed by atoms with Crippen LogP contribution in [0, 0.1) is 5.92 Å². The lowest BCUT2D eigenvalue weighted by Gasteiger charge is -2.07. The van der Waals surface area contributed by atoms with E-state index in [4.69, 9.17) is 11.6 Å². The molecule has 0 atom stereocenters. The number of aromatic nitrogens is 3. The summed E-state index contributed by atoms with van der Waals surface area (Å²) >= 11 is 7.55. The molecule has 0 aliphatic rings. The Morgan fingerprint density at radius 3 is 2.86 bits per heavy atom. The van der Waals surface area contributed by atoms with Gasteiger partial charge in [-0.05, 0) is 24.1 Å². The van der Waals surface area contributed by atoms with Crippen LogP contribution in [0.4, 0.5) is 0 Å². The fourth-order valence-electron chi connectivity index (χ4n) is 1.76. The topological polar surface area (TPSA) is 59.8 Å². The Bertz CT molecular complexity index is 657. The molecule has 0 aliphatic heterocycles. The highest BCUT2D eigenvalue weighted by molar-refractivity contribution is 7.99. The first-order chi connectivity index (χ1) is 10.5. The summed E-state index contributed by atoms with van der Waals surface area (Å²) in [6, 6.07) is 6.85. The highest BCUT2D eigenvalue weighted by Crippen LogP contribution is 2.18. The number of halogens is 1. The summed E-state index contributed by atoms with van der Waals surface area (Å²) in [7, 11) is 1.91. The number of benzene rings is 1. The molecule has 0 saturated heterocycles. The molecular formula is C15H19ClN4OS. The summed E-state index contributed by atoms with van der Waals surface area (Å²) in [4.78, 5) is 12.1. The number of thioether (sulfide) groups is 1. The molecule has 22 heavy (non-hydrogen) atoms. The number of rotatable bonds is 6. The molecule has 1 aromatic heterocycles. The minimum atomic E-state index is -0.179. The van der Waals surface area contributed by atoms with Crippen molar-refractivity contribution >= 4 is 29.3 Å². The van der Waals surface area contributed by atoms with Gasteiger partial charge in [0.05, 0.1) is 6.54 Å². The molecule has 0 bridgehead atoms. The summed E-state index contributed by atoms with van der Waals surface area (Å²) in [5.41, 5.74) is 0.532. The third-order valence-electron chi connectivity index (χ3n) is 2.96. The van der Waals surface area contributed by atoms with Gasteiger partial charge < -0.3 is 9.88 Å². The summed E-state index contributed by atoms with van der Waals surface area (Å²) in [6.45, 7) is 4.65. The Morgan fingerprint density at radius 1 is 1.41 bits per heavy atom. The molecular weight excluding hydrogens is 320 g/mol. The van der Waals surface area contributed by atoms with Crippen molar-refractivity contribution < 1.29 is 4.79 Å². The molecule has 5 nitrogen and oxygen atoms in total. The Morgan fingerprint density at radius 2 is 2.18 bits per heavy atom. The molecule has 0 fully saturated rings. The van der Waals surface area contributed by atoms with E-state index in [1.165, 1.54) is 0 Å². The lowest BCUT2D eigenvalue weighted by molar-refractivity contribution is 0.0949. The maximum absolute atomic E-state index is 12.1. The summed E-state index contributed by atoms with van der Waals surface area (Å²) < 4.78 is 1.91. The van der Waals surface area contributed by atoms with Crippen molar-refractivity contribution in [3.8, 4) is 0 Å². The standard InChI is InChI=1S/C15H19ClN4OS/c1-10(2)9-22-15-19-18-13(20(15)3)8-17-14(21)11-5-4-6-12(16)7-11/h4-7,10H,8-9H2,1-3H3,(H,17,21). The van der Waals surface area contributed by atoms with Gasteiger partial charge in [0.1, 0.15) is 0 Å². The van der Waals surface area contributed by atoms with Crippen molar-refractivity contribution in [1.82, 2.24) is 20.1 Å². The molecule has 0 aliphatic carbocycles. The van der Waals surface area contributed by atoms with E-state index in [9.17, 15) is 4.79 Å². The number of amides is 1. The molecule has 0 radical (unpaired) electrons. The van der Waals surface area contributed by atoms with E-state index in [1.54, 1.807) is 36.0 Å². The first-order valence-corrected chi connectivity index (χ1v) is 8.38. The molecule has 1 N–H and O–H groups in total. The average Bonchev–Trinajstić information content (AvgIpc) is 2.83. The Labute approximate surface area is 139 Å².